The topological polar surface area (TPSA) is 12.0 Å². The van der Waals surface area contributed by atoms with Crippen LogP contribution in [-0.2, 0) is 0 Å². The fourth-order valence-electron chi connectivity index (χ4n) is 3.32. The quantitative estimate of drug-likeness (QED) is 0.717. The lowest BCUT2D eigenvalue weighted by atomic mass is 9.81. The van der Waals surface area contributed by atoms with Crippen molar-refractivity contribution in [3.63, 3.8) is 0 Å². The Morgan fingerprint density at radius 1 is 1.35 bits per heavy atom. The van der Waals surface area contributed by atoms with Gasteiger partial charge in [0, 0.05) is 11.7 Å². The van der Waals surface area contributed by atoms with E-state index in [1.807, 2.05) is 13.0 Å². The van der Waals surface area contributed by atoms with Crippen LogP contribution in [0.1, 0.15) is 51.5 Å². The second-order valence-electron chi connectivity index (χ2n) is 6.58. The van der Waals surface area contributed by atoms with Gasteiger partial charge in [0.05, 0.1) is 4.47 Å². The highest BCUT2D eigenvalue weighted by molar-refractivity contribution is 9.10. The fourth-order valence-corrected chi connectivity index (χ4v) is 3.67. The van der Waals surface area contributed by atoms with E-state index < -0.39 is 0 Å². The second-order valence-corrected chi connectivity index (χ2v) is 7.44. The number of aryl methyl sites for hydroxylation is 1. The highest BCUT2D eigenvalue weighted by Gasteiger charge is 2.23. The van der Waals surface area contributed by atoms with Gasteiger partial charge in [0.15, 0.2) is 0 Å². The summed E-state index contributed by atoms with van der Waals surface area (Å²) < 4.78 is 14.0. The zero-order valence-electron chi connectivity index (χ0n) is 12.7. The summed E-state index contributed by atoms with van der Waals surface area (Å²) >= 11 is 3.27. The van der Waals surface area contributed by atoms with Crippen LogP contribution in [0.2, 0.25) is 0 Å². The van der Waals surface area contributed by atoms with Gasteiger partial charge in [0.25, 0.3) is 0 Å². The Kier molecular flexibility index (Phi) is 5.48. The SMILES string of the molecule is Cc1cc(F)c(Br)cc1NC1CCCC(CC(C)C)C1. The minimum absolute atomic E-state index is 0.186. The van der Waals surface area contributed by atoms with E-state index in [2.05, 4.69) is 35.1 Å². The smallest absolute Gasteiger partial charge is 0.137 e. The Labute approximate surface area is 130 Å². The summed E-state index contributed by atoms with van der Waals surface area (Å²) in [7, 11) is 0. The van der Waals surface area contributed by atoms with Crippen molar-refractivity contribution in [2.75, 3.05) is 5.32 Å². The number of halogens is 2. The molecule has 0 heterocycles. The van der Waals surface area contributed by atoms with E-state index in [4.69, 9.17) is 0 Å². The molecule has 2 unspecified atom stereocenters. The van der Waals surface area contributed by atoms with Crippen LogP contribution in [0.3, 0.4) is 0 Å². The molecule has 1 fully saturated rings. The number of hydrogen-bond donors (Lipinski definition) is 1. The molecule has 0 saturated heterocycles. The normalized spacial score (nSPS) is 23.1. The van der Waals surface area contributed by atoms with Crippen LogP contribution in [0.4, 0.5) is 10.1 Å². The molecule has 1 aliphatic rings. The predicted octanol–water partition coefficient (Wildman–Crippen LogP) is 5.91. The fraction of sp³-hybridized carbons (Fsp3) is 0.647. The molecule has 0 aliphatic heterocycles. The van der Waals surface area contributed by atoms with Crippen LogP contribution >= 0.6 is 15.9 Å². The van der Waals surface area contributed by atoms with Gasteiger partial charge in [-0.15, -0.1) is 0 Å². The van der Waals surface area contributed by atoms with Crippen LogP contribution in [0.15, 0.2) is 16.6 Å². The third kappa shape index (κ3) is 4.21. The van der Waals surface area contributed by atoms with Crippen molar-refractivity contribution < 1.29 is 4.39 Å². The number of benzene rings is 1. The van der Waals surface area contributed by atoms with Gasteiger partial charge in [0.2, 0.25) is 0 Å². The van der Waals surface area contributed by atoms with Crippen LogP contribution in [0.25, 0.3) is 0 Å². The van der Waals surface area contributed by atoms with Crippen molar-refractivity contribution in [3.8, 4) is 0 Å². The molecule has 2 rings (SSSR count). The molecule has 0 spiro atoms. The molecule has 0 bridgehead atoms. The summed E-state index contributed by atoms with van der Waals surface area (Å²) in [6, 6.07) is 4.00. The molecule has 0 aromatic heterocycles. The Bertz CT molecular complexity index is 459. The van der Waals surface area contributed by atoms with Gasteiger partial charge in [-0.05, 0) is 71.6 Å². The van der Waals surface area contributed by atoms with Crippen LogP contribution < -0.4 is 5.32 Å². The van der Waals surface area contributed by atoms with E-state index in [9.17, 15) is 4.39 Å². The van der Waals surface area contributed by atoms with E-state index in [0.717, 1.165) is 23.1 Å². The maximum atomic E-state index is 13.5. The Morgan fingerprint density at radius 3 is 2.80 bits per heavy atom. The van der Waals surface area contributed by atoms with Crippen molar-refractivity contribution in [3.05, 3.63) is 28.0 Å². The van der Waals surface area contributed by atoms with Gasteiger partial charge in [-0.1, -0.05) is 26.7 Å². The molecule has 1 aliphatic carbocycles. The Hall–Kier alpha value is -0.570. The van der Waals surface area contributed by atoms with Gasteiger partial charge in [-0.25, -0.2) is 4.39 Å². The Morgan fingerprint density at radius 2 is 2.10 bits per heavy atom. The molecule has 0 amide bonds. The minimum Gasteiger partial charge on any atom is -0.382 e. The standard InChI is InChI=1S/C17H25BrFN/c1-11(2)7-13-5-4-6-14(9-13)20-17-10-15(18)16(19)8-12(17)3/h8,10-11,13-14,20H,4-7,9H2,1-3H3. The summed E-state index contributed by atoms with van der Waals surface area (Å²) in [4.78, 5) is 0. The molecule has 1 aromatic rings. The molecule has 1 N–H and O–H groups in total. The Balaban J connectivity index is 2.01. The van der Waals surface area contributed by atoms with E-state index in [-0.39, 0.29) is 5.82 Å². The first-order valence-corrected chi connectivity index (χ1v) is 8.47. The lowest BCUT2D eigenvalue weighted by molar-refractivity contribution is 0.289. The van der Waals surface area contributed by atoms with Gasteiger partial charge in [0.1, 0.15) is 5.82 Å². The monoisotopic (exact) mass is 341 g/mol. The van der Waals surface area contributed by atoms with Gasteiger partial charge in [-0.2, -0.15) is 0 Å². The van der Waals surface area contributed by atoms with E-state index in [1.54, 1.807) is 6.07 Å². The molecule has 2 atom stereocenters. The minimum atomic E-state index is -0.186. The molecular weight excluding hydrogens is 317 g/mol. The van der Waals surface area contributed by atoms with Crippen molar-refractivity contribution in [1.29, 1.82) is 0 Å². The number of rotatable bonds is 4. The van der Waals surface area contributed by atoms with Crippen molar-refractivity contribution in [1.82, 2.24) is 0 Å². The first-order chi connectivity index (χ1) is 9.45. The van der Waals surface area contributed by atoms with E-state index in [1.165, 1.54) is 32.1 Å². The maximum Gasteiger partial charge on any atom is 0.137 e. The third-order valence-electron chi connectivity index (χ3n) is 4.21. The van der Waals surface area contributed by atoms with Gasteiger partial charge >= 0.3 is 0 Å². The van der Waals surface area contributed by atoms with Crippen LogP contribution in [0, 0.1) is 24.6 Å². The summed E-state index contributed by atoms with van der Waals surface area (Å²) in [6.45, 7) is 6.57. The first kappa shape index (κ1) is 15.8. The average Bonchev–Trinajstić information content (AvgIpc) is 2.35. The number of nitrogens with one attached hydrogen (secondary N) is 1. The first-order valence-electron chi connectivity index (χ1n) is 7.68. The van der Waals surface area contributed by atoms with Crippen molar-refractivity contribution in [2.45, 2.75) is 58.9 Å². The highest BCUT2D eigenvalue weighted by Crippen LogP contribution is 2.32. The zero-order valence-corrected chi connectivity index (χ0v) is 14.3. The second kappa shape index (κ2) is 6.93. The summed E-state index contributed by atoms with van der Waals surface area (Å²) in [5.41, 5.74) is 2.05. The molecule has 1 saturated carbocycles. The molecule has 1 nitrogen and oxygen atoms in total. The van der Waals surface area contributed by atoms with Crippen LogP contribution in [0.5, 0.6) is 0 Å². The molecule has 0 radical (unpaired) electrons. The lowest BCUT2D eigenvalue weighted by Crippen LogP contribution is -2.28. The summed E-state index contributed by atoms with van der Waals surface area (Å²) in [5, 5.41) is 3.62. The van der Waals surface area contributed by atoms with Gasteiger partial charge in [-0.3, -0.25) is 0 Å². The average molecular weight is 342 g/mol. The van der Waals surface area contributed by atoms with Crippen molar-refractivity contribution in [2.24, 2.45) is 11.8 Å². The number of anilines is 1. The third-order valence-corrected chi connectivity index (χ3v) is 4.82. The maximum absolute atomic E-state index is 13.5. The van der Waals surface area contributed by atoms with Crippen molar-refractivity contribution >= 4 is 21.6 Å². The molecular formula is C17H25BrFN. The van der Waals surface area contributed by atoms with E-state index >= 15 is 0 Å². The largest absolute Gasteiger partial charge is 0.382 e. The molecule has 1 aromatic carbocycles. The molecule has 3 heteroatoms. The predicted molar refractivity (Wildman–Crippen MR) is 87.7 cm³/mol. The molecule has 112 valence electrons. The van der Waals surface area contributed by atoms with Gasteiger partial charge < -0.3 is 5.32 Å². The van der Waals surface area contributed by atoms with Crippen LogP contribution in [-0.4, -0.2) is 6.04 Å². The molecule has 20 heavy (non-hydrogen) atoms. The summed E-state index contributed by atoms with van der Waals surface area (Å²) in [5.74, 6) is 1.43. The zero-order chi connectivity index (χ0) is 14.7. The summed E-state index contributed by atoms with van der Waals surface area (Å²) in [6.07, 6.45) is 6.46. The van der Waals surface area contributed by atoms with E-state index in [0.29, 0.717) is 10.5 Å². The lowest BCUT2D eigenvalue weighted by Gasteiger charge is -2.32. The highest BCUT2D eigenvalue weighted by atomic mass is 79.9. The number of hydrogen-bond acceptors (Lipinski definition) is 1.